The van der Waals surface area contributed by atoms with Gasteiger partial charge in [-0.2, -0.15) is 4.80 Å². The first-order valence-corrected chi connectivity index (χ1v) is 6.76. The van der Waals surface area contributed by atoms with Gasteiger partial charge in [-0.3, -0.25) is 0 Å². The van der Waals surface area contributed by atoms with Gasteiger partial charge in [-0.15, -0.1) is 15.3 Å². The van der Waals surface area contributed by atoms with Crippen molar-refractivity contribution in [1.29, 1.82) is 0 Å². The van der Waals surface area contributed by atoms with Gasteiger partial charge in [0, 0.05) is 22.1 Å². The molecule has 0 radical (unpaired) electrons. The lowest BCUT2D eigenvalue weighted by Crippen LogP contribution is -2.04. The summed E-state index contributed by atoms with van der Waals surface area (Å²) in [6, 6.07) is 7.22. The van der Waals surface area contributed by atoms with Crippen LogP contribution in [-0.4, -0.2) is 29.8 Å². The molecule has 0 aliphatic carbocycles. The second-order valence-electron chi connectivity index (χ2n) is 3.64. The highest BCUT2D eigenvalue weighted by molar-refractivity contribution is 7.10. The summed E-state index contributed by atoms with van der Waals surface area (Å²) in [6.45, 7) is 0.343. The number of halogens is 2. The minimum atomic E-state index is 0.343. The van der Waals surface area contributed by atoms with E-state index in [-0.39, 0.29) is 0 Å². The number of hydrogen-bond donors (Lipinski definition) is 0. The van der Waals surface area contributed by atoms with E-state index < -0.39 is 0 Å². The Hall–Kier alpha value is -1.57. The third-order valence-corrected chi connectivity index (χ3v) is 3.59. The summed E-state index contributed by atoms with van der Waals surface area (Å²) in [7, 11) is 0. The average Bonchev–Trinajstić information content (AvgIpc) is 3.01. The highest BCUT2D eigenvalue weighted by atomic mass is 35.5. The summed E-state index contributed by atoms with van der Waals surface area (Å²) in [4.78, 5) is 1.42. The molecule has 0 saturated heterocycles. The Balaban J connectivity index is 1.83. The topological polar surface area (TPSA) is 69.4 Å². The molecule has 0 unspecified atom stereocenters. The molecule has 2 heterocycles. The Morgan fingerprint density at radius 2 is 1.89 bits per heavy atom. The summed E-state index contributed by atoms with van der Waals surface area (Å²) in [5.74, 6) is 0.524. The van der Waals surface area contributed by atoms with Crippen LogP contribution in [0.4, 0.5) is 0 Å². The molecule has 0 spiro atoms. The predicted molar refractivity (Wildman–Crippen MR) is 72.3 cm³/mol. The van der Waals surface area contributed by atoms with Gasteiger partial charge in [-0.25, -0.2) is 0 Å². The summed E-state index contributed by atoms with van der Waals surface area (Å²) >= 11 is 12.9. The normalized spacial score (nSPS) is 10.8. The number of tetrazole rings is 1. The van der Waals surface area contributed by atoms with Crippen molar-refractivity contribution in [2.45, 2.75) is 6.54 Å². The van der Waals surface area contributed by atoms with Gasteiger partial charge in [0.25, 0.3) is 0 Å². The molecule has 3 rings (SSSR count). The summed E-state index contributed by atoms with van der Waals surface area (Å²) in [5, 5.41) is 16.7. The van der Waals surface area contributed by atoms with E-state index in [0.717, 1.165) is 17.1 Å². The van der Waals surface area contributed by atoms with Gasteiger partial charge in [-0.1, -0.05) is 27.7 Å². The van der Waals surface area contributed by atoms with Crippen molar-refractivity contribution >= 4 is 34.7 Å². The molecule has 0 amide bonds. The fourth-order valence-electron chi connectivity index (χ4n) is 1.45. The van der Waals surface area contributed by atoms with Crippen molar-refractivity contribution in [3.63, 3.8) is 0 Å². The van der Waals surface area contributed by atoms with Crippen LogP contribution >= 0.6 is 34.7 Å². The van der Waals surface area contributed by atoms with Crippen LogP contribution in [-0.2, 0) is 6.54 Å². The fourth-order valence-corrected chi connectivity index (χ4v) is 2.19. The lowest BCUT2D eigenvalue weighted by molar-refractivity contribution is 0.564. The first-order chi connectivity index (χ1) is 9.22. The third kappa shape index (κ3) is 2.73. The van der Waals surface area contributed by atoms with Crippen molar-refractivity contribution in [3.05, 3.63) is 39.3 Å². The molecular formula is C10H6Cl2N6S. The van der Waals surface area contributed by atoms with Crippen LogP contribution < -0.4 is 0 Å². The van der Waals surface area contributed by atoms with E-state index in [1.54, 1.807) is 12.1 Å². The minimum Gasteiger partial charge on any atom is -0.158 e. The van der Waals surface area contributed by atoms with E-state index in [9.17, 15) is 0 Å². The van der Waals surface area contributed by atoms with E-state index >= 15 is 0 Å². The minimum absolute atomic E-state index is 0.343. The van der Waals surface area contributed by atoms with E-state index in [2.05, 4.69) is 25.0 Å². The van der Waals surface area contributed by atoms with E-state index in [0.29, 0.717) is 27.4 Å². The van der Waals surface area contributed by atoms with Crippen molar-refractivity contribution in [1.82, 2.24) is 29.8 Å². The monoisotopic (exact) mass is 312 g/mol. The maximum Gasteiger partial charge on any atom is 0.204 e. The van der Waals surface area contributed by atoms with Gasteiger partial charge < -0.3 is 0 Å². The molecule has 0 aliphatic rings. The summed E-state index contributed by atoms with van der Waals surface area (Å²) in [5.41, 5.74) is 1.48. The SMILES string of the molecule is Clc1ccc(-c2nnn(Cc3nnsc3Cl)n2)cc1. The Labute approximate surface area is 122 Å². The van der Waals surface area contributed by atoms with E-state index in [4.69, 9.17) is 23.2 Å². The van der Waals surface area contributed by atoms with Gasteiger partial charge in [0.2, 0.25) is 5.82 Å². The lowest BCUT2D eigenvalue weighted by Gasteiger charge is -1.95. The average molecular weight is 313 g/mol. The second-order valence-corrected chi connectivity index (χ2v) is 5.44. The smallest absolute Gasteiger partial charge is 0.158 e. The zero-order chi connectivity index (χ0) is 13.2. The molecular weight excluding hydrogens is 307 g/mol. The number of benzene rings is 1. The van der Waals surface area contributed by atoms with Crippen LogP contribution in [0.5, 0.6) is 0 Å². The van der Waals surface area contributed by atoms with Crippen molar-refractivity contribution in [2.75, 3.05) is 0 Å². The Morgan fingerprint density at radius 1 is 1.11 bits per heavy atom. The first kappa shape index (κ1) is 12.5. The zero-order valence-corrected chi connectivity index (χ0v) is 11.7. The second kappa shape index (κ2) is 5.20. The van der Waals surface area contributed by atoms with Crippen LogP contribution in [0.3, 0.4) is 0 Å². The molecule has 0 N–H and O–H groups in total. The van der Waals surface area contributed by atoms with E-state index in [1.807, 2.05) is 12.1 Å². The number of aromatic nitrogens is 6. The standard InChI is InChI=1S/C10H6Cl2N6S/c11-7-3-1-6(2-4-7)10-14-16-18(15-10)5-8-9(12)19-17-13-8/h1-4H,5H2. The lowest BCUT2D eigenvalue weighted by atomic mass is 10.2. The van der Waals surface area contributed by atoms with Gasteiger partial charge in [0.05, 0.1) is 0 Å². The van der Waals surface area contributed by atoms with Gasteiger partial charge >= 0.3 is 0 Å². The number of hydrogen-bond acceptors (Lipinski definition) is 6. The van der Waals surface area contributed by atoms with Crippen molar-refractivity contribution in [2.24, 2.45) is 0 Å². The van der Waals surface area contributed by atoms with Gasteiger partial charge in [-0.05, 0) is 29.5 Å². The zero-order valence-electron chi connectivity index (χ0n) is 9.36. The van der Waals surface area contributed by atoms with E-state index in [1.165, 1.54) is 4.80 Å². The first-order valence-electron chi connectivity index (χ1n) is 5.23. The largest absolute Gasteiger partial charge is 0.204 e. The molecule has 0 atom stereocenters. The highest BCUT2D eigenvalue weighted by Gasteiger charge is 2.10. The van der Waals surface area contributed by atoms with Gasteiger partial charge in [0.15, 0.2) is 0 Å². The summed E-state index contributed by atoms with van der Waals surface area (Å²) in [6.07, 6.45) is 0. The third-order valence-electron chi connectivity index (χ3n) is 2.36. The Bertz CT molecular complexity index is 692. The molecule has 6 nitrogen and oxygen atoms in total. The molecule has 3 aromatic rings. The fraction of sp³-hybridized carbons (Fsp3) is 0.100. The maximum absolute atomic E-state index is 5.92. The molecule has 1 aromatic carbocycles. The quantitative estimate of drug-likeness (QED) is 0.743. The number of rotatable bonds is 3. The van der Waals surface area contributed by atoms with Crippen LogP contribution in [0.25, 0.3) is 11.4 Å². The molecule has 0 bridgehead atoms. The van der Waals surface area contributed by atoms with Crippen LogP contribution in [0.15, 0.2) is 24.3 Å². The van der Waals surface area contributed by atoms with Crippen LogP contribution in [0.2, 0.25) is 9.36 Å². The molecule has 19 heavy (non-hydrogen) atoms. The molecule has 96 valence electrons. The van der Waals surface area contributed by atoms with Crippen molar-refractivity contribution < 1.29 is 0 Å². The molecule has 0 saturated carbocycles. The molecule has 2 aromatic heterocycles. The Kier molecular flexibility index (Phi) is 3.41. The van der Waals surface area contributed by atoms with Gasteiger partial charge in [0.1, 0.15) is 16.6 Å². The molecule has 9 heteroatoms. The Morgan fingerprint density at radius 3 is 2.58 bits per heavy atom. The van der Waals surface area contributed by atoms with Crippen molar-refractivity contribution in [3.8, 4) is 11.4 Å². The highest BCUT2D eigenvalue weighted by Crippen LogP contribution is 2.19. The molecule has 0 fully saturated rings. The maximum atomic E-state index is 5.92. The van der Waals surface area contributed by atoms with Crippen LogP contribution in [0.1, 0.15) is 5.69 Å². The molecule has 0 aliphatic heterocycles. The summed E-state index contributed by atoms with van der Waals surface area (Å²) < 4.78 is 4.28. The predicted octanol–water partition coefficient (Wildman–Crippen LogP) is 2.55. The number of nitrogens with zero attached hydrogens (tertiary/aromatic N) is 6. The van der Waals surface area contributed by atoms with Crippen LogP contribution in [0, 0.1) is 0 Å².